The number of nitriles is 1. The van der Waals surface area contributed by atoms with Crippen LogP contribution in [0.5, 0.6) is 0 Å². The van der Waals surface area contributed by atoms with Gasteiger partial charge in [-0.25, -0.2) is 4.98 Å². The van der Waals surface area contributed by atoms with Gasteiger partial charge in [-0.3, -0.25) is 0 Å². The van der Waals surface area contributed by atoms with Crippen molar-refractivity contribution in [3.8, 4) is 28.3 Å². The van der Waals surface area contributed by atoms with E-state index in [0.29, 0.717) is 5.56 Å². The smallest absolute Gasteiger partial charge is 0.109 e. The predicted molar refractivity (Wildman–Crippen MR) is 137 cm³/mol. The summed E-state index contributed by atoms with van der Waals surface area (Å²) in [7, 11) is 0. The van der Waals surface area contributed by atoms with Gasteiger partial charge in [-0.1, -0.05) is 80.6 Å². The molecule has 3 nitrogen and oxygen atoms in total. The molecule has 0 radical (unpaired) electrons. The molecule has 1 heterocycles. The van der Waals surface area contributed by atoms with Crippen LogP contribution >= 0.6 is 0 Å². The van der Waals surface area contributed by atoms with Gasteiger partial charge in [0.1, 0.15) is 5.82 Å². The molecule has 164 valence electrons. The van der Waals surface area contributed by atoms with Crippen molar-refractivity contribution in [3.63, 3.8) is 0 Å². The van der Waals surface area contributed by atoms with Crippen molar-refractivity contribution >= 4 is 6.08 Å². The Bertz CT molecular complexity index is 1290. The van der Waals surface area contributed by atoms with Crippen LogP contribution in [-0.4, -0.2) is 9.55 Å². The van der Waals surface area contributed by atoms with Crippen LogP contribution in [0.2, 0.25) is 0 Å². The van der Waals surface area contributed by atoms with Crippen LogP contribution in [0.4, 0.5) is 0 Å². The molecule has 0 amide bonds. The van der Waals surface area contributed by atoms with Gasteiger partial charge in [-0.05, 0) is 53.8 Å². The lowest BCUT2D eigenvalue weighted by molar-refractivity contribution is 0.675. The first kappa shape index (κ1) is 22.3. The normalized spacial score (nSPS) is 10.7. The summed E-state index contributed by atoms with van der Waals surface area (Å²) >= 11 is 0. The Hall–Kier alpha value is -3.90. The van der Waals surface area contributed by atoms with Crippen LogP contribution in [0.25, 0.3) is 28.3 Å². The minimum absolute atomic E-state index is 0.684. The first-order chi connectivity index (χ1) is 16.1. The van der Waals surface area contributed by atoms with Gasteiger partial charge in [0.05, 0.1) is 23.0 Å². The number of hydrogen-bond donors (Lipinski definition) is 0. The molecule has 1 aromatic heterocycles. The van der Waals surface area contributed by atoms with E-state index >= 15 is 0 Å². The standard InChI is InChI=1S/C30H29N3/c1-4-6-12-30-32-22(3)29(5-2)33(30)21-23-13-15-25(16-14-23)28-19-26(17-18-27(28)20-31)24-10-8-7-9-11-24/h5,7-11,13-19H,2,4,6,12,21H2,1,3H3. The van der Waals surface area contributed by atoms with Crippen LogP contribution in [0, 0.1) is 18.3 Å². The molecule has 0 saturated heterocycles. The molecule has 0 spiro atoms. The predicted octanol–water partition coefficient (Wildman–Crippen LogP) is 7.43. The Balaban J connectivity index is 1.65. The van der Waals surface area contributed by atoms with E-state index in [1.165, 1.54) is 5.56 Å². The fourth-order valence-corrected chi connectivity index (χ4v) is 4.27. The van der Waals surface area contributed by atoms with Crippen molar-refractivity contribution in [2.75, 3.05) is 0 Å². The van der Waals surface area contributed by atoms with Crippen molar-refractivity contribution < 1.29 is 0 Å². The van der Waals surface area contributed by atoms with Gasteiger partial charge in [-0.15, -0.1) is 0 Å². The molecule has 0 fully saturated rings. The van der Waals surface area contributed by atoms with E-state index in [0.717, 1.165) is 65.3 Å². The van der Waals surface area contributed by atoms with E-state index in [1.807, 2.05) is 36.4 Å². The number of nitrogens with zero attached hydrogens (tertiary/aromatic N) is 3. The van der Waals surface area contributed by atoms with E-state index in [2.05, 4.69) is 73.5 Å². The Morgan fingerprint density at radius 3 is 2.36 bits per heavy atom. The summed E-state index contributed by atoms with van der Waals surface area (Å²) in [5, 5.41) is 9.68. The number of unbranched alkanes of at least 4 members (excludes halogenated alkanes) is 1. The fourth-order valence-electron chi connectivity index (χ4n) is 4.27. The Kier molecular flexibility index (Phi) is 6.86. The molecule has 0 N–H and O–H groups in total. The largest absolute Gasteiger partial charge is 0.324 e. The van der Waals surface area contributed by atoms with Crippen LogP contribution in [0.15, 0.2) is 79.4 Å². The lowest BCUT2D eigenvalue weighted by atomic mass is 9.94. The third-order valence-corrected chi connectivity index (χ3v) is 6.07. The van der Waals surface area contributed by atoms with Crippen molar-refractivity contribution in [2.45, 2.75) is 39.7 Å². The van der Waals surface area contributed by atoms with E-state index in [9.17, 15) is 5.26 Å². The quantitative estimate of drug-likeness (QED) is 0.291. The van der Waals surface area contributed by atoms with Gasteiger partial charge >= 0.3 is 0 Å². The minimum atomic E-state index is 0.684. The third kappa shape index (κ3) is 4.81. The molecule has 4 aromatic rings. The van der Waals surface area contributed by atoms with Crippen LogP contribution < -0.4 is 0 Å². The number of aromatic nitrogens is 2. The second kappa shape index (κ2) is 10.1. The highest BCUT2D eigenvalue weighted by Crippen LogP contribution is 2.30. The van der Waals surface area contributed by atoms with Crippen molar-refractivity contribution in [2.24, 2.45) is 0 Å². The number of rotatable bonds is 8. The number of benzene rings is 3. The van der Waals surface area contributed by atoms with Gasteiger partial charge in [0.25, 0.3) is 0 Å². The molecule has 0 saturated carbocycles. The summed E-state index contributed by atoms with van der Waals surface area (Å²) in [5.41, 5.74) is 8.27. The summed E-state index contributed by atoms with van der Waals surface area (Å²) < 4.78 is 2.28. The van der Waals surface area contributed by atoms with E-state index in [1.54, 1.807) is 0 Å². The highest BCUT2D eigenvalue weighted by Gasteiger charge is 2.13. The maximum atomic E-state index is 9.68. The molecular weight excluding hydrogens is 402 g/mol. The number of hydrogen-bond acceptors (Lipinski definition) is 2. The second-order valence-electron chi connectivity index (χ2n) is 8.33. The Morgan fingerprint density at radius 1 is 0.970 bits per heavy atom. The van der Waals surface area contributed by atoms with Gasteiger partial charge in [0.2, 0.25) is 0 Å². The number of imidazole rings is 1. The summed E-state index contributed by atoms with van der Waals surface area (Å²) in [6, 6.07) is 27.2. The molecule has 0 aliphatic carbocycles. The monoisotopic (exact) mass is 431 g/mol. The first-order valence-corrected chi connectivity index (χ1v) is 11.5. The highest BCUT2D eigenvalue weighted by atomic mass is 15.1. The van der Waals surface area contributed by atoms with E-state index < -0.39 is 0 Å². The van der Waals surface area contributed by atoms with Crippen molar-refractivity contribution in [1.29, 1.82) is 5.26 Å². The molecule has 3 aromatic carbocycles. The molecule has 0 bridgehead atoms. The molecular formula is C30H29N3. The average molecular weight is 432 g/mol. The lowest BCUT2D eigenvalue weighted by Gasteiger charge is -2.12. The Labute approximate surface area is 196 Å². The van der Waals surface area contributed by atoms with Crippen LogP contribution in [-0.2, 0) is 13.0 Å². The summed E-state index contributed by atoms with van der Waals surface area (Å²) in [5.74, 6) is 1.12. The topological polar surface area (TPSA) is 41.6 Å². The summed E-state index contributed by atoms with van der Waals surface area (Å²) in [6.45, 7) is 9.02. The molecule has 0 aliphatic heterocycles. The van der Waals surface area contributed by atoms with Crippen LogP contribution in [0.3, 0.4) is 0 Å². The zero-order valence-electron chi connectivity index (χ0n) is 19.4. The maximum absolute atomic E-state index is 9.68. The van der Waals surface area contributed by atoms with Crippen LogP contribution in [0.1, 0.15) is 48.1 Å². The SMILES string of the molecule is C=Cc1c(C)nc(CCCC)n1Cc1ccc(-c2cc(-c3ccccc3)ccc2C#N)cc1. The van der Waals surface area contributed by atoms with Gasteiger partial charge in [0.15, 0.2) is 0 Å². The zero-order valence-corrected chi connectivity index (χ0v) is 19.4. The lowest BCUT2D eigenvalue weighted by Crippen LogP contribution is -2.07. The van der Waals surface area contributed by atoms with Gasteiger partial charge in [-0.2, -0.15) is 5.26 Å². The molecule has 33 heavy (non-hydrogen) atoms. The van der Waals surface area contributed by atoms with E-state index in [-0.39, 0.29) is 0 Å². The van der Waals surface area contributed by atoms with Crippen molar-refractivity contribution in [3.05, 3.63) is 108 Å². The molecule has 0 unspecified atom stereocenters. The fraction of sp³-hybridized carbons (Fsp3) is 0.200. The van der Waals surface area contributed by atoms with Gasteiger partial charge in [0, 0.05) is 18.5 Å². The summed E-state index contributed by atoms with van der Waals surface area (Å²) in [6.07, 6.45) is 5.15. The third-order valence-electron chi connectivity index (χ3n) is 6.07. The molecule has 0 aliphatic rings. The minimum Gasteiger partial charge on any atom is -0.324 e. The highest BCUT2D eigenvalue weighted by molar-refractivity contribution is 5.77. The molecule has 4 rings (SSSR count). The van der Waals surface area contributed by atoms with Gasteiger partial charge < -0.3 is 4.57 Å². The average Bonchev–Trinajstić information content (AvgIpc) is 3.16. The van der Waals surface area contributed by atoms with Crippen molar-refractivity contribution in [1.82, 2.24) is 9.55 Å². The van der Waals surface area contributed by atoms with E-state index in [4.69, 9.17) is 4.98 Å². The number of aryl methyl sites for hydroxylation is 2. The zero-order chi connectivity index (χ0) is 23.2. The molecule has 3 heteroatoms. The maximum Gasteiger partial charge on any atom is 0.109 e. The molecule has 0 atom stereocenters. The summed E-state index contributed by atoms with van der Waals surface area (Å²) in [4.78, 5) is 4.80. The first-order valence-electron chi connectivity index (χ1n) is 11.5. The second-order valence-corrected chi connectivity index (χ2v) is 8.33. The Morgan fingerprint density at radius 2 is 1.70 bits per heavy atom.